The molecule has 0 spiro atoms. The zero-order valence-corrected chi connectivity index (χ0v) is 16.0. The number of ether oxygens (including phenoxy) is 1. The average molecular weight is 397 g/mol. The average Bonchev–Trinajstić information content (AvgIpc) is 2.95. The first kappa shape index (κ1) is 18.0. The van der Waals surface area contributed by atoms with Gasteiger partial charge in [0.2, 0.25) is 5.17 Å². The number of rotatable bonds is 3. The molecule has 0 fully saturated rings. The molecule has 0 radical (unpaired) electrons. The molecule has 1 aromatic carbocycles. The number of thioether (sulfide) groups is 1. The van der Waals surface area contributed by atoms with Crippen molar-refractivity contribution < 1.29 is 9.53 Å². The van der Waals surface area contributed by atoms with E-state index in [0.717, 1.165) is 5.04 Å². The smallest absolute Gasteiger partial charge is 0.283 e. The van der Waals surface area contributed by atoms with E-state index in [1.54, 1.807) is 12.1 Å². The van der Waals surface area contributed by atoms with Crippen LogP contribution in [0.4, 0.5) is 0 Å². The highest BCUT2D eigenvalue weighted by Crippen LogP contribution is 2.35. The Morgan fingerprint density at radius 3 is 2.52 bits per heavy atom. The van der Waals surface area contributed by atoms with Gasteiger partial charge in [-0.3, -0.25) is 10.2 Å². The minimum Gasteiger partial charge on any atom is -0.494 e. The third-order valence-electron chi connectivity index (χ3n) is 3.50. The molecule has 25 heavy (non-hydrogen) atoms. The topological polar surface area (TPSA) is 78.1 Å². The first-order valence-corrected chi connectivity index (χ1v) is 8.92. The summed E-state index contributed by atoms with van der Waals surface area (Å²) < 4.78 is 5.11. The van der Waals surface area contributed by atoms with Crippen molar-refractivity contribution in [3.63, 3.8) is 0 Å². The van der Waals surface area contributed by atoms with E-state index in [4.69, 9.17) is 33.3 Å². The molecule has 3 rings (SSSR count). The van der Waals surface area contributed by atoms with Gasteiger partial charge in [0.05, 0.1) is 22.7 Å². The van der Waals surface area contributed by atoms with E-state index in [-0.39, 0.29) is 17.3 Å². The highest BCUT2D eigenvalue weighted by atomic mass is 35.5. The van der Waals surface area contributed by atoms with Gasteiger partial charge in [-0.2, -0.15) is 15.1 Å². The van der Waals surface area contributed by atoms with Gasteiger partial charge in [0, 0.05) is 5.92 Å². The minimum atomic E-state index is -0.494. The molecule has 130 valence electrons. The zero-order valence-electron chi connectivity index (χ0n) is 13.6. The Bertz CT molecular complexity index is 854. The Labute approximate surface area is 159 Å². The Balaban J connectivity index is 2.00. The molecule has 1 N–H and O–H groups in total. The quantitative estimate of drug-likeness (QED) is 0.773. The van der Waals surface area contributed by atoms with E-state index in [1.807, 2.05) is 13.8 Å². The third-order valence-corrected chi connectivity index (χ3v) is 5.27. The van der Waals surface area contributed by atoms with E-state index in [9.17, 15) is 4.79 Å². The van der Waals surface area contributed by atoms with Crippen LogP contribution in [0.3, 0.4) is 0 Å². The first-order valence-electron chi connectivity index (χ1n) is 7.35. The highest BCUT2D eigenvalue weighted by molar-refractivity contribution is 8.27. The summed E-state index contributed by atoms with van der Waals surface area (Å²) in [6.45, 7) is 3.99. The van der Waals surface area contributed by atoms with Crippen molar-refractivity contribution in [3.8, 4) is 5.75 Å². The second-order valence-corrected chi connectivity index (χ2v) is 7.43. The molecule has 1 amide bonds. The van der Waals surface area contributed by atoms with Crippen molar-refractivity contribution in [2.45, 2.75) is 13.8 Å². The Morgan fingerprint density at radius 2 is 1.96 bits per heavy atom. The van der Waals surface area contributed by atoms with Crippen molar-refractivity contribution in [2.75, 3.05) is 7.11 Å². The summed E-state index contributed by atoms with van der Waals surface area (Å²) in [5.41, 5.74) is 0.692. The molecule has 0 aromatic heterocycles. The summed E-state index contributed by atoms with van der Waals surface area (Å²) in [4.78, 5) is 16.4. The SMILES string of the molecule is COc1c(Cl)cc(/C=C2/C(=N)N3N=C(C(C)C)SC3=NC2=O)cc1Cl. The number of halogens is 2. The molecule has 0 unspecified atom stereocenters. The number of fused-ring (bicyclic) bond motifs is 1. The van der Waals surface area contributed by atoms with Crippen molar-refractivity contribution in [2.24, 2.45) is 16.0 Å². The largest absolute Gasteiger partial charge is 0.494 e. The number of carbonyl (C=O) groups is 1. The lowest BCUT2D eigenvalue weighted by atomic mass is 10.1. The third kappa shape index (κ3) is 3.31. The van der Waals surface area contributed by atoms with Crippen LogP contribution in [0, 0.1) is 11.3 Å². The monoisotopic (exact) mass is 396 g/mol. The van der Waals surface area contributed by atoms with Gasteiger partial charge >= 0.3 is 0 Å². The van der Waals surface area contributed by atoms with Gasteiger partial charge in [0.1, 0.15) is 5.04 Å². The maximum Gasteiger partial charge on any atom is 0.283 e. The van der Waals surface area contributed by atoms with E-state index in [1.165, 1.54) is 30.0 Å². The molecule has 2 aliphatic heterocycles. The van der Waals surface area contributed by atoms with Crippen molar-refractivity contribution >= 4 is 63.0 Å². The second-order valence-electron chi connectivity index (χ2n) is 5.63. The zero-order chi connectivity index (χ0) is 18.3. The summed E-state index contributed by atoms with van der Waals surface area (Å²) in [7, 11) is 1.47. The fraction of sp³-hybridized carbons (Fsp3) is 0.250. The fourth-order valence-electron chi connectivity index (χ4n) is 2.26. The number of hydrazone groups is 1. The molecule has 2 heterocycles. The number of methoxy groups -OCH3 is 1. The first-order chi connectivity index (χ1) is 11.8. The van der Waals surface area contributed by atoms with E-state index >= 15 is 0 Å². The molecule has 6 nitrogen and oxygen atoms in total. The molecule has 0 bridgehead atoms. The predicted molar refractivity (Wildman–Crippen MR) is 103 cm³/mol. The molecular weight excluding hydrogens is 383 g/mol. The summed E-state index contributed by atoms with van der Waals surface area (Å²) in [6.07, 6.45) is 1.52. The Morgan fingerprint density at radius 1 is 1.32 bits per heavy atom. The van der Waals surface area contributed by atoms with Crippen LogP contribution < -0.4 is 4.74 Å². The van der Waals surface area contributed by atoms with E-state index in [0.29, 0.717) is 26.5 Å². The number of aliphatic imine (C=N–C) groups is 1. The minimum absolute atomic E-state index is 0.0267. The van der Waals surface area contributed by atoms with Crippen molar-refractivity contribution in [1.29, 1.82) is 5.41 Å². The second kappa shape index (κ2) is 6.82. The predicted octanol–water partition coefficient (Wildman–Crippen LogP) is 4.28. The van der Waals surface area contributed by atoms with Crippen LogP contribution in [0.1, 0.15) is 19.4 Å². The molecule has 0 saturated carbocycles. The molecule has 0 aliphatic carbocycles. The number of benzene rings is 1. The number of nitrogens with zero attached hydrogens (tertiary/aromatic N) is 3. The van der Waals surface area contributed by atoms with Crippen LogP contribution >= 0.6 is 35.0 Å². The van der Waals surface area contributed by atoms with Crippen LogP contribution in [-0.4, -0.2) is 34.1 Å². The van der Waals surface area contributed by atoms with Gasteiger partial charge in [0.15, 0.2) is 11.6 Å². The number of nitrogens with one attached hydrogen (secondary N) is 1. The van der Waals surface area contributed by atoms with Gasteiger partial charge in [-0.05, 0) is 35.5 Å². The molecule has 2 aliphatic rings. The highest BCUT2D eigenvalue weighted by Gasteiger charge is 2.36. The van der Waals surface area contributed by atoms with Gasteiger partial charge in [-0.25, -0.2) is 0 Å². The lowest BCUT2D eigenvalue weighted by Crippen LogP contribution is -2.35. The standard InChI is InChI=1S/C16H14Cl2N4O2S/c1-7(2)15-21-22-13(19)9(14(23)20-16(22)25-15)4-8-5-10(17)12(24-3)11(18)6-8/h4-7,19H,1-3H3/b9-4-,19-13?. The van der Waals surface area contributed by atoms with Crippen molar-refractivity contribution in [1.82, 2.24) is 5.01 Å². The number of amides is 1. The molecule has 0 atom stereocenters. The van der Waals surface area contributed by atoms with E-state index < -0.39 is 5.91 Å². The van der Waals surface area contributed by atoms with Gasteiger partial charge in [-0.1, -0.05) is 37.0 Å². The van der Waals surface area contributed by atoms with Gasteiger partial charge < -0.3 is 4.74 Å². The van der Waals surface area contributed by atoms with Crippen LogP contribution in [0.25, 0.3) is 6.08 Å². The van der Waals surface area contributed by atoms with E-state index in [2.05, 4.69) is 10.1 Å². The number of hydrogen-bond donors (Lipinski definition) is 1. The number of carbonyl (C=O) groups excluding carboxylic acids is 1. The summed E-state index contributed by atoms with van der Waals surface area (Å²) in [6, 6.07) is 3.22. The van der Waals surface area contributed by atoms with Gasteiger partial charge in [0.25, 0.3) is 5.91 Å². The maximum atomic E-state index is 12.3. The lowest BCUT2D eigenvalue weighted by Gasteiger charge is -2.20. The van der Waals surface area contributed by atoms with Crippen LogP contribution in [0.15, 0.2) is 27.8 Å². The molecule has 1 aromatic rings. The summed E-state index contributed by atoms with van der Waals surface area (Å²) >= 11 is 13.6. The van der Waals surface area contributed by atoms with Crippen LogP contribution in [0.2, 0.25) is 10.0 Å². The lowest BCUT2D eigenvalue weighted by molar-refractivity contribution is -0.114. The maximum absolute atomic E-state index is 12.3. The van der Waals surface area contributed by atoms with Gasteiger partial charge in [-0.15, -0.1) is 0 Å². The van der Waals surface area contributed by atoms with Crippen LogP contribution in [0.5, 0.6) is 5.75 Å². The molecule has 9 heteroatoms. The number of amidine groups is 2. The molecule has 0 saturated heterocycles. The number of hydrogen-bond acceptors (Lipinski definition) is 5. The Kier molecular flexibility index (Phi) is 4.90. The normalized spacial score (nSPS) is 18.6. The fourth-order valence-corrected chi connectivity index (χ4v) is 3.82. The van der Waals surface area contributed by atoms with Crippen LogP contribution in [-0.2, 0) is 4.79 Å². The Hall–Kier alpha value is -1.83. The van der Waals surface area contributed by atoms with Crippen molar-refractivity contribution in [3.05, 3.63) is 33.3 Å². The summed E-state index contributed by atoms with van der Waals surface area (Å²) in [5, 5.41) is 15.9. The summed E-state index contributed by atoms with van der Waals surface area (Å²) in [5.74, 6) is 0.0269. The molecular formula is C16H14Cl2N4O2S.